The lowest BCUT2D eigenvalue weighted by molar-refractivity contribution is 0.108. The van der Waals surface area contributed by atoms with Crippen LogP contribution in [0.2, 0.25) is 0 Å². The van der Waals surface area contributed by atoms with Crippen LogP contribution in [0.1, 0.15) is 10.5 Å². The predicted octanol–water partition coefficient (Wildman–Crippen LogP) is 2.37. The van der Waals surface area contributed by atoms with E-state index in [9.17, 15) is 4.79 Å². The van der Waals surface area contributed by atoms with Crippen LogP contribution in [0.25, 0.3) is 10.1 Å². The molecule has 1 heterocycles. The van der Waals surface area contributed by atoms with E-state index in [4.69, 9.17) is 0 Å². The topological polar surface area (TPSA) is 30.0 Å². The Morgan fingerprint density at radius 2 is 2.17 bits per heavy atom. The number of carbonyl (C=O) groups is 1. The second-order valence-electron chi connectivity index (χ2n) is 2.33. The largest absolute Gasteiger partial charge is 0.280 e. The van der Waals surface area contributed by atoms with Crippen LogP contribution < -0.4 is 0 Å². The Balaban J connectivity index is 2.79. The number of aromatic nitrogens is 1. The molecule has 0 unspecified atom stereocenters. The third kappa shape index (κ3) is 1.13. The summed E-state index contributed by atoms with van der Waals surface area (Å²) in [5.74, 6) is 0. The number of fused-ring (bicyclic) bond motifs is 1. The quantitative estimate of drug-likeness (QED) is 0.708. The molecule has 4 heteroatoms. The van der Waals surface area contributed by atoms with Crippen LogP contribution in [0.5, 0.6) is 0 Å². The molecule has 0 fully saturated rings. The molecule has 0 saturated heterocycles. The molecule has 0 spiro atoms. The van der Waals surface area contributed by atoms with E-state index < -0.39 is 0 Å². The lowest BCUT2D eigenvalue weighted by atomic mass is 10.2. The summed E-state index contributed by atoms with van der Waals surface area (Å²) < 4.78 is 5.03. The normalized spacial score (nSPS) is 10.4. The van der Waals surface area contributed by atoms with Crippen molar-refractivity contribution < 1.29 is 4.79 Å². The molecule has 0 bridgehead atoms. The Hall–Kier alpha value is -0.870. The van der Waals surface area contributed by atoms with E-state index in [1.807, 2.05) is 24.3 Å². The van der Waals surface area contributed by atoms with Crippen molar-refractivity contribution in [3.63, 3.8) is 0 Å². The van der Waals surface area contributed by atoms with Crippen molar-refractivity contribution in [1.82, 2.24) is 4.37 Å². The van der Waals surface area contributed by atoms with Crippen molar-refractivity contribution in [2.24, 2.45) is 0 Å². The molecule has 2 rings (SSSR count). The first-order valence-corrected chi connectivity index (χ1v) is 4.59. The summed E-state index contributed by atoms with van der Waals surface area (Å²) in [5.41, 5.74) is 0.457. The summed E-state index contributed by atoms with van der Waals surface area (Å²) >= 11 is 5.06. The van der Waals surface area contributed by atoms with Gasteiger partial charge in [-0.1, -0.05) is 30.8 Å². The first-order chi connectivity index (χ1) is 5.79. The van der Waals surface area contributed by atoms with Crippen LogP contribution in [0.3, 0.4) is 0 Å². The minimum absolute atomic E-state index is 0.271. The van der Waals surface area contributed by atoms with Gasteiger partial charge in [-0.15, -0.1) is 0 Å². The van der Waals surface area contributed by atoms with Crippen molar-refractivity contribution in [2.45, 2.75) is 0 Å². The fourth-order valence-corrected chi connectivity index (χ4v) is 2.05. The predicted molar refractivity (Wildman–Crippen MR) is 52.9 cm³/mol. The van der Waals surface area contributed by atoms with Crippen LogP contribution in [0.15, 0.2) is 24.3 Å². The average Bonchev–Trinajstić information content (AvgIpc) is 2.47. The molecule has 0 aliphatic rings. The van der Waals surface area contributed by atoms with Crippen molar-refractivity contribution in [1.29, 1.82) is 0 Å². The maximum Gasteiger partial charge on any atom is 0.236 e. The van der Waals surface area contributed by atoms with Gasteiger partial charge < -0.3 is 0 Å². The Bertz CT molecular complexity index is 435. The van der Waals surface area contributed by atoms with Gasteiger partial charge in [-0.3, -0.25) is 4.79 Å². The summed E-state index contributed by atoms with van der Waals surface area (Å²) in [4.78, 5) is 10.9. The zero-order valence-electron chi connectivity index (χ0n) is 6.02. The molecule has 0 radical (unpaired) electrons. The van der Waals surface area contributed by atoms with E-state index >= 15 is 0 Å². The molecule has 12 heavy (non-hydrogen) atoms. The van der Waals surface area contributed by atoms with Crippen molar-refractivity contribution >= 4 is 39.4 Å². The fourth-order valence-electron chi connectivity index (χ4n) is 1.04. The van der Waals surface area contributed by atoms with E-state index in [1.54, 1.807) is 0 Å². The first-order valence-electron chi connectivity index (χ1n) is 3.37. The number of nitrogens with zero attached hydrogens (tertiary/aromatic N) is 1. The summed E-state index contributed by atoms with van der Waals surface area (Å²) in [5, 5.41) is 0.620. The molecule has 1 aromatic heterocycles. The van der Waals surface area contributed by atoms with Crippen molar-refractivity contribution in [3.8, 4) is 0 Å². The SMILES string of the molecule is O=C(S)c1nsc2ccccc12. The lowest BCUT2D eigenvalue weighted by Crippen LogP contribution is -1.87. The second-order valence-corrected chi connectivity index (χ2v) is 3.54. The number of benzene rings is 1. The lowest BCUT2D eigenvalue weighted by Gasteiger charge is -1.87. The molecule has 0 aliphatic heterocycles. The standard InChI is InChI=1S/C8H5NOS2/c10-8(11)7-5-3-1-2-4-6(5)12-9-7/h1-4H,(H,10,11). The van der Waals surface area contributed by atoms with Crippen molar-refractivity contribution in [2.75, 3.05) is 0 Å². The van der Waals surface area contributed by atoms with Gasteiger partial charge in [-0.25, -0.2) is 0 Å². The number of hydrogen-bond acceptors (Lipinski definition) is 3. The number of carbonyl (C=O) groups excluding carboxylic acids is 1. The third-order valence-electron chi connectivity index (χ3n) is 1.58. The third-order valence-corrected chi connectivity index (χ3v) is 2.62. The maximum atomic E-state index is 10.9. The first kappa shape index (κ1) is 7.76. The highest BCUT2D eigenvalue weighted by atomic mass is 32.1. The molecule has 0 amide bonds. The van der Waals surface area contributed by atoms with E-state index in [0.29, 0.717) is 5.69 Å². The van der Waals surface area contributed by atoms with Crippen molar-refractivity contribution in [3.05, 3.63) is 30.0 Å². The summed E-state index contributed by atoms with van der Waals surface area (Å²) in [6.07, 6.45) is 0. The zero-order chi connectivity index (χ0) is 8.55. The fraction of sp³-hybridized carbons (Fsp3) is 0. The van der Waals surface area contributed by atoms with Gasteiger partial charge >= 0.3 is 0 Å². The zero-order valence-corrected chi connectivity index (χ0v) is 7.73. The minimum atomic E-state index is -0.271. The maximum absolute atomic E-state index is 10.9. The summed E-state index contributed by atoms with van der Waals surface area (Å²) in [7, 11) is 0. The van der Waals surface area contributed by atoms with Gasteiger partial charge in [-0.05, 0) is 17.6 Å². The monoisotopic (exact) mass is 195 g/mol. The van der Waals surface area contributed by atoms with Crippen LogP contribution >= 0.6 is 24.2 Å². The minimum Gasteiger partial charge on any atom is -0.280 e. The molecule has 0 aliphatic carbocycles. The summed E-state index contributed by atoms with van der Waals surface area (Å²) in [6, 6.07) is 7.62. The van der Waals surface area contributed by atoms with Gasteiger partial charge in [0.05, 0.1) is 4.70 Å². The van der Waals surface area contributed by atoms with Gasteiger partial charge in [0.2, 0.25) is 5.12 Å². The van der Waals surface area contributed by atoms with Gasteiger partial charge in [0.15, 0.2) is 0 Å². The molecule has 2 aromatic rings. The molecule has 0 saturated carbocycles. The van der Waals surface area contributed by atoms with E-state index in [1.165, 1.54) is 11.5 Å². The Morgan fingerprint density at radius 1 is 1.42 bits per heavy atom. The molecular weight excluding hydrogens is 190 g/mol. The van der Waals surface area contributed by atoms with Gasteiger partial charge in [0.25, 0.3) is 0 Å². The highest BCUT2D eigenvalue weighted by molar-refractivity contribution is 7.97. The Labute approximate surface area is 78.8 Å². The second kappa shape index (κ2) is 2.88. The molecule has 0 atom stereocenters. The highest BCUT2D eigenvalue weighted by Gasteiger charge is 2.09. The molecule has 60 valence electrons. The molecule has 1 aromatic carbocycles. The van der Waals surface area contributed by atoms with Gasteiger partial charge in [-0.2, -0.15) is 4.37 Å². The number of thiol groups is 1. The van der Waals surface area contributed by atoms with Crippen LogP contribution in [-0.4, -0.2) is 9.49 Å². The van der Waals surface area contributed by atoms with E-state index in [2.05, 4.69) is 17.0 Å². The Morgan fingerprint density at radius 3 is 2.92 bits per heavy atom. The average molecular weight is 195 g/mol. The highest BCUT2D eigenvalue weighted by Crippen LogP contribution is 2.22. The smallest absolute Gasteiger partial charge is 0.236 e. The van der Waals surface area contributed by atoms with Crippen LogP contribution in [0, 0.1) is 0 Å². The number of rotatable bonds is 1. The van der Waals surface area contributed by atoms with E-state index in [0.717, 1.165) is 10.1 Å². The van der Waals surface area contributed by atoms with Crippen LogP contribution in [-0.2, 0) is 0 Å². The van der Waals surface area contributed by atoms with Gasteiger partial charge in [0.1, 0.15) is 5.69 Å². The Kier molecular flexibility index (Phi) is 1.86. The number of hydrogen-bond donors (Lipinski definition) is 1. The van der Waals surface area contributed by atoms with E-state index in [-0.39, 0.29) is 5.12 Å². The summed E-state index contributed by atoms with van der Waals surface area (Å²) in [6.45, 7) is 0. The van der Waals surface area contributed by atoms with Gasteiger partial charge in [0, 0.05) is 5.39 Å². The molecule has 0 N–H and O–H groups in total. The molecular formula is C8H5NOS2. The molecule has 2 nitrogen and oxygen atoms in total. The van der Waals surface area contributed by atoms with Crippen LogP contribution in [0.4, 0.5) is 0 Å².